The Labute approximate surface area is 125 Å². The third kappa shape index (κ3) is 3.16. The number of hydrogen-bond donors (Lipinski definition) is 1. The molecule has 2 aromatic heterocycles. The van der Waals surface area contributed by atoms with E-state index in [1.807, 2.05) is 37.0 Å². The molecule has 1 saturated heterocycles. The number of piperazine rings is 1. The molecule has 21 heavy (non-hydrogen) atoms. The number of nitrogens with two attached hydrogens (primary N) is 1. The lowest BCUT2D eigenvalue weighted by Crippen LogP contribution is -2.46. The van der Waals surface area contributed by atoms with Gasteiger partial charge in [-0.05, 0) is 25.1 Å². The van der Waals surface area contributed by atoms with Crippen LogP contribution < -0.4 is 10.6 Å². The molecule has 0 unspecified atom stereocenters. The lowest BCUT2D eigenvalue weighted by Gasteiger charge is -2.35. The van der Waals surface area contributed by atoms with Crippen LogP contribution in [0.25, 0.3) is 0 Å². The minimum Gasteiger partial charge on any atom is -0.384 e. The summed E-state index contributed by atoms with van der Waals surface area (Å²) in [6, 6.07) is 6.07. The van der Waals surface area contributed by atoms with Crippen molar-refractivity contribution in [2.24, 2.45) is 7.05 Å². The molecular weight excluding hydrogens is 264 g/mol. The SMILES string of the molecule is Cc1cc(CN2CCN(c3ccc(N)nc3)CC2)n(C)n1. The molecule has 3 rings (SSSR count). The standard InChI is InChI=1S/C15H22N6/c1-12-9-14(19(2)18-12)11-20-5-7-21(8-6-20)13-3-4-15(16)17-10-13/h3-4,9-10H,5-8,11H2,1-2H3,(H2,16,17). The van der Waals surface area contributed by atoms with Crippen LogP contribution >= 0.6 is 0 Å². The first kappa shape index (κ1) is 13.9. The van der Waals surface area contributed by atoms with Crippen LogP contribution in [-0.2, 0) is 13.6 Å². The monoisotopic (exact) mass is 286 g/mol. The summed E-state index contributed by atoms with van der Waals surface area (Å²) in [5, 5.41) is 4.41. The van der Waals surface area contributed by atoms with Crippen LogP contribution in [0.15, 0.2) is 24.4 Å². The second-order valence-electron chi connectivity index (χ2n) is 5.61. The number of nitrogen functional groups attached to an aromatic ring is 1. The van der Waals surface area contributed by atoms with Gasteiger partial charge in [-0.1, -0.05) is 0 Å². The smallest absolute Gasteiger partial charge is 0.123 e. The fourth-order valence-electron chi connectivity index (χ4n) is 2.79. The Balaban J connectivity index is 1.57. The van der Waals surface area contributed by atoms with E-state index in [1.54, 1.807) is 0 Å². The van der Waals surface area contributed by atoms with Gasteiger partial charge in [0.15, 0.2) is 0 Å². The van der Waals surface area contributed by atoms with E-state index < -0.39 is 0 Å². The molecule has 0 aromatic carbocycles. The van der Waals surface area contributed by atoms with E-state index in [9.17, 15) is 0 Å². The first-order chi connectivity index (χ1) is 10.1. The Morgan fingerprint density at radius 1 is 1.19 bits per heavy atom. The molecule has 6 heteroatoms. The number of aryl methyl sites for hydroxylation is 2. The molecule has 1 aliphatic rings. The normalized spacial score (nSPS) is 16.4. The fraction of sp³-hybridized carbons (Fsp3) is 0.467. The van der Waals surface area contributed by atoms with Gasteiger partial charge in [0.1, 0.15) is 5.82 Å². The maximum atomic E-state index is 5.63. The van der Waals surface area contributed by atoms with Gasteiger partial charge in [0.25, 0.3) is 0 Å². The molecule has 1 aliphatic heterocycles. The number of hydrogen-bond acceptors (Lipinski definition) is 5. The summed E-state index contributed by atoms with van der Waals surface area (Å²) < 4.78 is 1.98. The van der Waals surface area contributed by atoms with Crippen molar-refractivity contribution in [1.82, 2.24) is 19.7 Å². The van der Waals surface area contributed by atoms with Gasteiger partial charge in [-0.15, -0.1) is 0 Å². The van der Waals surface area contributed by atoms with E-state index in [4.69, 9.17) is 5.73 Å². The quantitative estimate of drug-likeness (QED) is 0.913. The van der Waals surface area contributed by atoms with Crippen molar-refractivity contribution in [1.29, 1.82) is 0 Å². The minimum absolute atomic E-state index is 0.573. The summed E-state index contributed by atoms with van der Waals surface area (Å²) >= 11 is 0. The summed E-state index contributed by atoms with van der Waals surface area (Å²) in [5.74, 6) is 0.573. The number of rotatable bonds is 3. The maximum absolute atomic E-state index is 5.63. The molecule has 0 amide bonds. The van der Waals surface area contributed by atoms with Crippen LogP contribution in [-0.4, -0.2) is 45.8 Å². The van der Waals surface area contributed by atoms with Crippen molar-refractivity contribution in [3.63, 3.8) is 0 Å². The molecule has 2 aromatic rings. The van der Waals surface area contributed by atoms with Gasteiger partial charge in [0, 0.05) is 39.8 Å². The first-order valence-electron chi connectivity index (χ1n) is 7.30. The maximum Gasteiger partial charge on any atom is 0.123 e. The van der Waals surface area contributed by atoms with Gasteiger partial charge >= 0.3 is 0 Å². The summed E-state index contributed by atoms with van der Waals surface area (Å²) in [4.78, 5) is 8.99. The highest BCUT2D eigenvalue weighted by atomic mass is 15.3. The molecule has 2 N–H and O–H groups in total. The molecule has 0 bridgehead atoms. The van der Waals surface area contributed by atoms with E-state index in [2.05, 4.69) is 25.9 Å². The van der Waals surface area contributed by atoms with Gasteiger partial charge < -0.3 is 10.6 Å². The highest BCUT2D eigenvalue weighted by molar-refractivity contribution is 5.48. The van der Waals surface area contributed by atoms with E-state index >= 15 is 0 Å². The summed E-state index contributed by atoms with van der Waals surface area (Å²) in [6.45, 7) is 7.13. The van der Waals surface area contributed by atoms with Crippen molar-refractivity contribution < 1.29 is 0 Å². The van der Waals surface area contributed by atoms with Gasteiger partial charge in [-0.25, -0.2) is 4.98 Å². The average molecular weight is 286 g/mol. The second-order valence-corrected chi connectivity index (χ2v) is 5.61. The molecule has 0 radical (unpaired) electrons. The molecule has 0 atom stereocenters. The van der Waals surface area contributed by atoms with Crippen LogP contribution in [0.5, 0.6) is 0 Å². The Morgan fingerprint density at radius 3 is 2.52 bits per heavy atom. The van der Waals surface area contributed by atoms with Crippen LogP contribution in [0.1, 0.15) is 11.4 Å². The predicted octanol–water partition coefficient (Wildman–Crippen LogP) is 1.03. The van der Waals surface area contributed by atoms with Crippen LogP contribution in [0.3, 0.4) is 0 Å². The Morgan fingerprint density at radius 2 is 1.95 bits per heavy atom. The summed E-state index contributed by atoms with van der Waals surface area (Å²) in [5.41, 5.74) is 9.14. The lowest BCUT2D eigenvalue weighted by atomic mass is 10.2. The largest absolute Gasteiger partial charge is 0.384 e. The molecule has 0 spiro atoms. The van der Waals surface area contributed by atoms with E-state index in [0.29, 0.717) is 5.82 Å². The molecule has 112 valence electrons. The number of nitrogens with zero attached hydrogens (tertiary/aromatic N) is 5. The topological polar surface area (TPSA) is 63.2 Å². The minimum atomic E-state index is 0.573. The number of pyridine rings is 1. The highest BCUT2D eigenvalue weighted by Gasteiger charge is 2.18. The molecule has 0 aliphatic carbocycles. The Hall–Kier alpha value is -2.08. The molecule has 3 heterocycles. The van der Waals surface area contributed by atoms with Crippen molar-refractivity contribution in [3.05, 3.63) is 35.8 Å². The van der Waals surface area contributed by atoms with E-state index in [-0.39, 0.29) is 0 Å². The van der Waals surface area contributed by atoms with Gasteiger partial charge in [-0.3, -0.25) is 9.58 Å². The average Bonchev–Trinajstić information content (AvgIpc) is 2.79. The predicted molar refractivity (Wildman–Crippen MR) is 84.1 cm³/mol. The fourth-order valence-corrected chi connectivity index (χ4v) is 2.79. The van der Waals surface area contributed by atoms with E-state index in [1.165, 1.54) is 5.69 Å². The van der Waals surface area contributed by atoms with Gasteiger partial charge in [0.2, 0.25) is 0 Å². The zero-order valence-electron chi connectivity index (χ0n) is 12.7. The van der Waals surface area contributed by atoms with Crippen LogP contribution in [0.2, 0.25) is 0 Å². The third-order valence-corrected chi connectivity index (χ3v) is 3.99. The second kappa shape index (κ2) is 5.73. The zero-order chi connectivity index (χ0) is 14.8. The molecule has 0 saturated carbocycles. The first-order valence-corrected chi connectivity index (χ1v) is 7.30. The number of aromatic nitrogens is 3. The van der Waals surface area contributed by atoms with Crippen molar-refractivity contribution in [2.45, 2.75) is 13.5 Å². The van der Waals surface area contributed by atoms with Gasteiger partial charge in [0.05, 0.1) is 23.3 Å². The van der Waals surface area contributed by atoms with Crippen LogP contribution in [0.4, 0.5) is 11.5 Å². The summed E-state index contributed by atoms with van der Waals surface area (Å²) in [6.07, 6.45) is 1.86. The molecule has 1 fully saturated rings. The lowest BCUT2D eigenvalue weighted by molar-refractivity contribution is 0.243. The van der Waals surface area contributed by atoms with Crippen molar-refractivity contribution >= 4 is 11.5 Å². The number of anilines is 2. The Bertz CT molecular complexity index is 595. The zero-order valence-corrected chi connectivity index (χ0v) is 12.7. The molecular formula is C15H22N6. The summed E-state index contributed by atoms with van der Waals surface area (Å²) in [7, 11) is 2.01. The Kier molecular flexibility index (Phi) is 3.79. The third-order valence-electron chi connectivity index (χ3n) is 3.99. The van der Waals surface area contributed by atoms with Gasteiger partial charge in [-0.2, -0.15) is 5.10 Å². The molecule has 6 nitrogen and oxygen atoms in total. The highest BCUT2D eigenvalue weighted by Crippen LogP contribution is 2.17. The van der Waals surface area contributed by atoms with Crippen LogP contribution in [0, 0.1) is 6.92 Å². The van der Waals surface area contributed by atoms with Crippen molar-refractivity contribution in [3.8, 4) is 0 Å². The van der Waals surface area contributed by atoms with E-state index in [0.717, 1.165) is 44.1 Å². The van der Waals surface area contributed by atoms with Crippen molar-refractivity contribution in [2.75, 3.05) is 36.8 Å².